The van der Waals surface area contributed by atoms with Crippen molar-refractivity contribution in [1.82, 2.24) is 14.6 Å². The van der Waals surface area contributed by atoms with Gasteiger partial charge in [0.2, 0.25) is 10.0 Å². The fraction of sp³-hybridized carbons (Fsp3) is 0.320. The third-order valence-corrected chi connectivity index (χ3v) is 6.79. The summed E-state index contributed by atoms with van der Waals surface area (Å²) in [5.74, 6) is -0.184. The first-order valence-electron chi connectivity index (χ1n) is 10.7. The van der Waals surface area contributed by atoms with E-state index >= 15 is 0 Å². The number of aromatic nitrogens is 1. The highest BCUT2D eigenvalue weighted by Gasteiger charge is 2.16. The molecular formula is C25H31N3O3S. The lowest BCUT2D eigenvalue weighted by atomic mass is 10.1. The number of nitrogens with one attached hydrogen (secondary N) is 2. The van der Waals surface area contributed by atoms with Crippen LogP contribution in [0.2, 0.25) is 0 Å². The highest BCUT2D eigenvalue weighted by atomic mass is 32.2. The molecular weight excluding hydrogens is 422 g/mol. The van der Waals surface area contributed by atoms with Crippen LogP contribution in [-0.4, -0.2) is 24.9 Å². The van der Waals surface area contributed by atoms with Crippen molar-refractivity contribution in [3.05, 3.63) is 94.3 Å². The molecule has 0 atom stereocenters. The van der Waals surface area contributed by atoms with Gasteiger partial charge >= 0.3 is 0 Å². The van der Waals surface area contributed by atoms with E-state index in [9.17, 15) is 13.2 Å². The number of benzene rings is 2. The van der Waals surface area contributed by atoms with Crippen molar-refractivity contribution >= 4 is 15.9 Å². The smallest absolute Gasteiger partial charge is 0.253 e. The minimum absolute atomic E-state index is 0.0643. The van der Waals surface area contributed by atoms with E-state index in [1.54, 1.807) is 26.0 Å². The van der Waals surface area contributed by atoms with Gasteiger partial charge in [-0.3, -0.25) is 4.79 Å². The minimum Gasteiger partial charge on any atom is -0.348 e. The second-order valence-electron chi connectivity index (χ2n) is 8.39. The molecule has 2 N–H and O–H groups in total. The Balaban J connectivity index is 1.62. The molecule has 0 spiro atoms. The lowest BCUT2D eigenvalue weighted by Gasteiger charge is -2.11. The van der Waals surface area contributed by atoms with E-state index in [4.69, 9.17) is 0 Å². The topological polar surface area (TPSA) is 80.2 Å². The average Bonchev–Trinajstić information content (AvgIpc) is 3.01. The normalized spacial score (nSPS) is 11.7. The number of sulfonamides is 1. The molecule has 1 heterocycles. The van der Waals surface area contributed by atoms with Crippen molar-refractivity contribution in [2.75, 3.05) is 0 Å². The maximum atomic E-state index is 12.8. The summed E-state index contributed by atoms with van der Waals surface area (Å²) in [5.41, 5.74) is 5.44. The van der Waals surface area contributed by atoms with Crippen LogP contribution in [0.4, 0.5) is 0 Å². The van der Waals surface area contributed by atoms with Gasteiger partial charge in [-0.2, -0.15) is 0 Å². The van der Waals surface area contributed by atoms with Crippen LogP contribution in [0, 0.1) is 13.8 Å². The van der Waals surface area contributed by atoms with Crippen LogP contribution in [0.15, 0.2) is 60.7 Å². The van der Waals surface area contributed by atoms with Gasteiger partial charge in [-0.25, -0.2) is 13.1 Å². The molecule has 1 amide bonds. The summed E-state index contributed by atoms with van der Waals surface area (Å²) in [4.78, 5) is 12.8. The average molecular weight is 454 g/mol. The number of hydrogen-bond donors (Lipinski definition) is 2. The highest BCUT2D eigenvalue weighted by molar-refractivity contribution is 7.88. The van der Waals surface area contributed by atoms with E-state index in [1.165, 1.54) is 5.56 Å². The van der Waals surface area contributed by atoms with Crippen LogP contribution >= 0.6 is 0 Å². The molecule has 0 aliphatic rings. The minimum atomic E-state index is -3.36. The third-order valence-electron chi connectivity index (χ3n) is 5.25. The third kappa shape index (κ3) is 6.31. The Kier molecular flexibility index (Phi) is 7.53. The fourth-order valence-corrected chi connectivity index (χ4v) is 5.12. The molecule has 0 saturated heterocycles. The highest BCUT2D eigenvalue weighted by Crippen LogP contribution is 2.17. The number of carbonyl (C=O) groups excluding carboxylic acids is 1. The Bertz CT molecular complexity index is 1170. The molecule has 3 aromatic rings. The molecule has 7 heteroatoms. The van der Waals surface area contributed by atoms with Crippen LogP contribution in [0.5, 0.6) is 0 Å². The van der Waals surface area contributed by atoms with Gasteiger partial charge in [-0.05, 0) is 50.5 Å². The molecule has 2 aromatic carbocycles. The van der Waals surface area contributed by atoms with Crippen molar-refractivity contribution in [3.8, 4) is 0 Å². The molecule has 0 unspecified atom stereocenters. The van der Waals surface area contributed by atoms with Crippen LogP contribution < -0.4 is 10.0 Å². The van der Waals surface area contributed by atoms with Crippen LogP contribution in [0.1, 0.15) is 52.3 Å². The molecule has 0 saturated carbocycles. The Morgan fingerprint density at radius 2 is 1.56 bits per heavy atom. The van der Waals surface area contributed by atoms with Gasteiger partial charge < -0.3 is 9.88 Å². The van der Waals surface area contributed by atoms with Gasteiger partial charge in [0.05, 0.1) is 11.3 Å². The van der Waals surface area contributed by atoms with Crippen molar-refractivity contribution in [2.45, 2.75) is 52.6 Å². The zero-order valence-corrected chi connectivity index (χ0v) is 19.9. The predicted molar refractivity (Wildman–Crippen MR) is 128 cm³/mol. The number of aryl methyl sites for hydroxylation is 1. The summed E-state index contributed by atoms with van der Waals surface area (Å²) in [6.07, 6.45) is 0. The summed E-state index contributed by atoms with van der Waals surface area (Å²) < 4.78 is 28.9. The Labute approximate surface area is 190 Å². The second kappa shape index (κ2) is 10.1. The molecule has 1 aromatic heterocycles. The van der Waals surface area contributed by atoms with E-state index in [2.05, 4.69) is 26.7 Å². The molecule has 0 bridgehead atoms. The zero-order valence-electron chi connectivity index (χ0n) is 19.1. The number of amides is 1. The Morgan fingerprint density at radius 1 is 0.938 bits per heavy atom. The first kappa shape index (κ1) is 23.8. The van der Waals surface area contributed by atoms with E-state index in [0.717, 1.165) is 23.5 Å². The second-order valence-corrected chi connectivity index (χ2v) is 10.1. The number of rotatable bonds is 9. The van der Waals surface area contributed by atoms with Gasteiger partial charge in [0.25, 0.3) is 5.91 Å². The summed E-state index contributed by atoms with van der Waals surface area (Å²) >= 11 is 0. The van der Waals surface area contributed by atoms with Crippen molar-refractivity contribution in [1.29, 1.82) is 0 Å². The number of carbonyl (C=O) groups is 1. The van der Waals surface area contributed by atoms with Crippen LogP contribution in [-0.2, 0) is 28.9 Å². The van der Waals surface area contributed by atoms with E-state index in [1.807, 2.05) is 50.2 Å². The quantitative estimate of drug-likeness (QED) is 0.515. The molecule has 0 aliphatic heterocycles. The van der Waals surface area contributed by atoms with Gasteiger partial charge in [-0.1, -0.05) is 54.6 Å². The van der Waals surface area contributed by atoms with Gasteiger partial charge in [0, 0.05) is 30.5 Å². The molecule has 32 heavy (non-hydrogen) atoms. The molecule has 170 valence electrons. The molecule has 0 radical (unpaired) electrons. The predicted octanol–water partition coefficient (Wildman–Crippen LogP) is 3.91. The lowest BCUT2D eigenvalue weighted by Crippen LogP contribution is -2.31. The summed E-state index contributed by atoms with van der Waals surface area (Å²) in [7, 11) is -3.36. The first-order valence-corrected chi connectivity index (χ1v) is 12.4. The lowest BCUT2D eigenvalue weighted by molar-refractivity contribution is 0.0950. The summed E-state index contributed by atoms with van der Waals surface area (Å²) in [5, 5.41) is 2.97. The Hall–Kier alpha value is -2.90. The van der Waals surface area contributed by atoms with E-state index in [0.29, 0.717) is 17.7 Å². The summed E-state index contributed by atoms with van der Waals surface area (Å²) in [6, 6.07) is 19.2. The Morgan fingerprint density at radius 3 is 2.19 bits per heavy atom. The fourth-order valence-electron chi connectivity index (χ4n) is 3.69. The largest absolute Gasteiger partial charge is 0.348 e. The summed E-state index contributed by atoms with van der Waals surface area (Å²) in [6.45, 7) is 8.66. The van der Waals surface area contributed by atoms with Crippen molar-refractivity contribution < 1.29 is 13.2 Å². The monoisotopic (exact) mass is 453 g/mol. The molecule has 6 nitrogen and oxygen atoms in total. The van der Waals surface area contributed by atoms with E-state index in [-0.39, 0.29) is 17.7 Å². The molecule has 3 rings (SSSR count). The van der Waals surface area contributed by atoms with Crippen LogP contribution in [0.3, 0.4) is 0 Å². The van der Waals surface area contributed by atoms with Crippen molar-refractivity contribution in [2.24, 2.45) is 0 Å². The maximum Gasteiger partial charge on any atom is 0.253 e. The van der Waals surface area contributed by atoms with Gasteiger partial charge in [-0.15, -0.1) is 0 Å². The standard InChI is InChI=1S/C25H31N3O3S/c1-18(2)27-32(30,31)17-23-12-10-21(11-13-23)15-26-25(29)24-14-19(3)28(20(24)4)16-22-8-6-5-7-9-22/h5-14,18,27H,15-17H2,1-4H3,(H,26,29). The SMILES string of the molecule is Cc1cc(C(=O)NCc2ccc(CS(=O)(=O)NC(C)C)cc2)c(C)n1Cc1ccccc1. The number of nitrogens with zero attached hydrogens (tertiary/aromatic N) is 1. The zero-order chi connectivity index (χ0) is 23.3. The van der Waals surface area contributed by atoms with E-state index < -0.39 is 10.0 Å². The van der Waals surface area contributed by atoms with Gasteiger partial charge in [0.1, 0.15) is 0 Å². The number of hydrogen-bond acceptors (Lipinski definition) is 3. The first-order chi connectivity index (χ1) is 15.1. The van der Waals surface area contributed by atoms with Crippen molar-refractivity contribution in [3.63, 3.8) is 0 Å². The molecule has 0 aliphatic carbocycles. The maximum absolute atomic E-state index is 12.8. The van der Waals surface area contributed by atoms with Crippen LogP contribution in [0.25, 0.3) is 0 Å². The molecule has 0 fully saturated rings. The van der Waals surface area contributed by atoms with Gasteiger partial charge in [0.15, 0.2) is 0 Å².